The summed E-state index contributed by atoms with van der Waals surface area (Å²) in [5, 5.41) is 16.5. The zero-order valence-corrected chi connectivity index (χ0v) is 15.6. The number of anilines is 1. The Morgan fingerprint density at radius 3 is 2.63 bits per heavy atom. The molecule has 1 aromatic carbocycles. The van der Waals surface area contributed by atoms with Crippen LogP contribution in [-0.2, 0) is 9.59 Å². The predicted octanol–water partition coefficient (Wildman–Crippen LogP) is 2.87. The van der Waals surface area contributed by atoms with Gasteiger partial charge in [0.05, 0.1) is 24.3 Å². The smallest absolute Gasteiger partial charge is 0.304 e. The maximum atomic E-state index is 12.4. The highest BCUT2D eigenvalue weighted by Gasteiger charge is 2.22. The number of benzene rings is 1. The lowest BCUT2D eigenvalue weighted by Crippen LogP contribution is -2.32. The Morgan fingerprint density at radius 2 is 1.96 bits per heavy atom. The lowest BCUT2D eigenvalue weighted by molar-refractivity contribution is -0.137. The summed E-state index contributed by atoms with van der Waals surface area (Å²) in [6, 6.07) is 11.7. The van der Waals surface area contributed by atoms with E-state index in [-0.39, 0.29) is 18.9 Å². The Kier molecular flexibility index (Phi) is 6.24. The van der Waals surface area contributed by atoms with Crippen LogP contribution in [0.1, 0.15) is 43.7 Å². The third-order valence-corrected chi connectivity index (χ3v) is 4.89. The first kappa shape index (κ1) is 19.1. The number of nitrogens with zero attached hydrogens (tertiary/aromatic N) is 3. The van der Waals surface area contributed by atoms with E-state index >= 15 is 0 Å². The number of likely N-dealkylation sites (N-methyl/N-ethyl adjacent to an activating group) is 1. The van der Waals surface area contributed by atoms with Gasteiger partial charge in [-0.25, -0.2) is 4.68 Å². The monoisotopic (exact) mass is 370 g/mol. The quantitative estimate of drug-likeness (QED) is 0.746. The number of hydrogen-bond donors (Lipinski definition) is 2. The van der Waals surface area contributed by atoms with Crippen LogP contribution in [-0.4, -0.2) is 51.8 Å². The van der Waals surface area contributed by atoms with Gasteiger partial charge in [-0.2, -0.15) is 5.10 Å². The van der Waals surface area contributed by atoms with Crippen molar-refractivity contribution in [1.82, 2.24) is 14.7 Å². The van der Waals surface area contributed by atoms with Gasteiger partial charge in [0.25, 0.3) is 0 Å². The molecule has 0 spiro atoms. The molecule has 1 heterocycles. The number of nitrogens with one attached hydrogen (secondary N) is 1. The van der Waals surface area contributed by atoms with Crippen LogP contribution in [0.15, 0.2) is 36.4 Å². The van der Waals surface area contributed by atoms with Gasteiger partial charge in [0, 0.05) is 18.5 Å². The molecular formula is C20H26N4O3. The highest BCUT2D eigenvalue weighted by Crippen LogP contribution is 2.35. The molecule has 1 fully saturated rings. The summed E-state index contributed by atoms with van der Waals surface area (Å²) >= 11 is 0. The van der Waals surface area contributed by atoms with Crippen LogP contribution >= 0.6 is 0 Å². The van der Waals surface area contributed by atoms with Crippen LogP contribution in [0.2, 0.25) is 0 Å². The zero-order valence-electron chi connectivity index (χ0n) is 15.6. The molecule has 0 bridgehead atoms. The van der Waals surface area contributed by atoms with Crippen molar-refractivity contribution in [3.8, 4) is 5.69 Å². The molecule has 2 aromatic rings. The van der Waals surface area contributed by atoms with E-state index in [2.05, 4.69) is 5.32 Å². The average molecular weight is 370 g/mol. The molecule has 0 aliphatic heterocycles. The molecule has 7 nitrogen and oxygen atoms in total. The molecule has 1 amide bonds. The fraction of sp³-hybridized carbons (Fsp3) is 0.450. The van der Waals surface area contributed by atoms with Crippen molar-refractivity contribution in [2.45, 2.75) is 38.0 Å². The van der Waals surface area contributed by atoms with Crippen molar-refractivity contribution in [1.29, 1.82) is 0 Å². The Hall–Kier alpha value is -2.67. The number of carboxylic acids is 1. The minimum Gasteiger partial charge on any atom is -0.481 e. The maximum absolute atomic E-state index is 12.4. The van der Waals surface area contributed by atoms with Crippen molar-refractivity contribution < 1.29 is 14.7 Å². The molecule has 3 rings (SSSR count). The number of rotatable bonds is 8. The van der Waals surface area contributed by atoms with Crippen molar-refractivity contribution in [3.05, 3.63) is 42.1 Å². The lowest BCUT2D eigenvalue weighted by atomic mass is 10.0. The van der Waals surface area contributed by atoms with Gasteiger partial charge in [-0.3, -0.25) is 14.5 Å². The second-order valence-corrected chi connectivity index (χ2v) is 7.11. The lowest BCUT2D eigenvalue weighted by Gasteiger charge is -2.15. The Labute approximate surface area is 159 Å². The SMILES string of the molecule is CN(CCC(=O)O)CC(=O)Nc1cc(C2CCCC2)nn1-c1ccccc1. The number of aromatic nitrogens is 2. The molecule has 27 heavy (non-hydrogen) atoms. The van der Waals surface area contributed by atoms with Crippen LogP contribution in [0.5, 0.6) is 0 Å². The van der Waals surface area contributed by atoms with E-state index in [0.29, 0.717) is 18.3 Å². The number of carbonyl (C=O) groups excluding carboxylic acids is 1. The first-order chi connectivity index (χ1) is 13.0. The van der Waals surface area contributed by atoms with E-state index in [0.717, 1.165) is 24.2 Å². The number of amides is 1. The average Bonchev–Trinajstić information content (AvgIpc) is 3.30. The third kappa shape index (κ3) is 5.17. The largest absolute Gasteiger partial charge is 0.481 e. The second-order valence-electron chi connectivity index (χ2n) is 7.11. The minimum atomic E-state index is -0.870. The highest BCUT2D eigenvalue weighted by atomic mass is 16.4. The zero-order chi connectivity index (χ0) is 19.2. The Morgan fingerprint density at radius 1 is 1.26 bits per heavy atom. The van der Waals surface area contributed by atoms with Gasteiger partial charge in [0.15, 0.2) is 0 Å². The van der Waals surface area contributed by atoms with Crippen LogP contribution in [0, 0.1) is 0 Å². The third-order valence-electron chi connectivity index (χ3n) is 4.89. The summed E-state index contributed by atoms with van der Waals surface area (Å²) in [6.07, 6.45) is 4.73. The molecule has 0 saturated heterocycles. The second kappa shape index (κ2) is 8.81. The van der Waals surface area contributed by atoms with E-state index < -0.39 is 5.97 Å². The van der Waals surface area contributed by atoms with E-state index in [1.807, 2.05) is 36.4 Å². The van der Waals surface area contributed by atoms with Crippen LogP contribution in [0.4, 0.5) is 5.82 Å². The first-order valence-electron chi connectivity index (χ1n) is 9.38. The van der Waals surface area contributed by atoms with Crippen LogP contribution < -0.4 is 5.32 Å². The van der Waals surface area contributed by atoms with Gasteiger partial charge in [0.2, 0.25) is 5.91 Å². The topological polar surface area (TPSA) is 87.5 Å². The number of carboxylic acid groups (broad SMARTS) is 1. The normalized spacial score (nSPS) is 14.6. The van der Waals surface area contributed by atoms with Gasteiger partial charge >= 0.3 is 5.97 Å². The summed E-state index contributed by atoms with van der Waals surface area (Å²) in [7, 11) is 1.74. The Bertz CT molecular complexity index is 782. The van der Waals surface area contributed by atoms with E-state index in [1.165, 1.54) is 12.8 Å². The number of aliphatic carboxylic acids is 1. The molecule has 2 N–H and O–H groups in total. The van der Waals surface area contributed by atoms with E-state index in [1.54, 1.807) is 16.6 Å². The standard InChI is InChI=1S/C20H26N4O3/c1-23(12-11-20(26)27)14-19(25)21-18-13-17(15-7-5-6-8-15)22-24(18)16-9-3-2-4-10-16/h2-4,9-10,13,15H,5-8,11-12,14H2,1H3,(H,21,25)(H,26,27). The minimum absolute atomic E-state index is 0.0115. The highest BCUT2D eigenvalue weighted by molar-refractivity contribution is 5.91. The van der Waals surface area contributed by atoms with Gasteiger partial charge in [-0.15, -0.1) is 0 Å². The first-order valence-corrected chi connectivity index (χ1v) is 9.38. The molecule has 1 aliphatic rings. The van der Waals surface area contributed by atoms with Gasteiger partial charge < -0.3 is 10.4 Å². The van der Waals surface area contributed by atoms with Crippen LogP contribution in [0.3, 0.4) is 0 Å². The summed E-state index contributed by atoms with van der Waals surface area (Å²) < 4.78 is 1.78. The van der Waals surface area contributed by atoms with Crippen molar-refractivity contribution >= 4 is 17.7 Å². The van der Waals surface area contributed by atoms with Gasteiger partial charge in [-0.1, -0.05) is 31.0 Å². The molecule has 0 radical (unpaired) electrons. The molecular weight excluding hydrogens is 344 g/mol. The van der Waals surface area contributed by atoms with E-state index in [9.17, 15) is 9.59 Å². The van der Waals surface area contributed by atoms with Gasteiger partial charge in [-0.05, 0) is 32.0 Å². The van der Waals surface area contributed by atoms with Crippen LogP contribution in [0.25, 0.3) is 5.69 Å². The fourth-order valence-corrected chi connectivity index (χ4v) is 3.47. The van der Waals surface area contributed by atoms with Gasteiger partial charge in [0.1, 0.15) is 5.82 Å². The molecule has 1 aliphatic carbocycles. The maximum Gasteiger partial charge on any atom is 0.304 e. The number of hydrogen-bond acceptors (Lipinski definition) is 4. The van der Waals surface area contributed by atoms with Crippen molar-refractivity contribution in [3.63, 3.8) is 0 Å². The van der Waals surface area contributed by atoms with Crippen molar-refractivity contribution in [2.75, 3.05) is 25.5 Å². The van der Waals surface area contributed by atoms with E-state index in [4.69, 9.17) is 10.2 Å². The fourth-order valence-electron chi connectivity index (χ4n) is 3.47. The summed E-state index contributed by atoms with van der Waals surface area (Å²) in [6.45, 7) is 0.458. The summed E-state index contributed by atoms with van der Waals surface area (Å²) in [5.41, 5.74) is 1.92. The molecule has 144 valence electrons. The Balaban J connectivity index is 1.74. The molecule has 7 heteroatoms. The summed E-state index contributed by atoms with van der Waals surface area (Å²) in [4.78, 5) is 24.8. The number of para-hydroxylation sites is 1. The molecule has 0 unspecified atom stereocenters. The predicted molar refractivity (Wildman–Crippen MR) is 103 cm³/mol. The molecule has 1 saturated carbocycles. The van der Waals surface area contributed by atoms with Crippen molar-refractivity contribution in [2.24, 2.45) is 0 Å². The number of carbonyl (C=O) groups is 2. The summed E-state index contributed by atoms with van der Waals surface area (Å²) in [5.74, 6) is 0.0483. The molecule has 1 aromatic heterocycles. The molecule has 0 atom stereocenters.